The summed E-state index contributed by atoms with van der Waals surface area (Å²) in [6.45, 7) is 3.72. The molecule has 0 atom stereocenters. The van der Waals surface area contributed by atoms with Gasteiger partial charge in [0, 0.05) is 0 Å². The van der Waals surface area contributed by atoms with E-state index in [1.54, 1.807) is 13.8 Å². The van der Waals surface area contributed by atoms with Crippen LogP contribution in [0.5, 0.6) is 6.08 Å². The van der Waals surface area contributed by atoms with Gasteiger partial charge < -0.3 is 14.3 Å². The molecular formula is C7H9NO4. The number of nitrogens with zero attached hydrogens (tertiary/aromatic N) is 1. The highest BCUT2D eigenvalue weighted by molar-refractivity contribution is 5.85. The fraction of sp³-hybridized carbons (Fsp3) is 0.429. The molecule has 1 heterocycles. The molecule has 0 aromatic carbocycles. The van der Waals surface area contributed by atoms with Crippen LogP contribution in [0.15, 0.2) is 4.42 Å². The van der Waals surface area contributed by atoms with E-state index >= 15 is 0 Å². The van der Waals surface area contributed by atoms with Gasteiger partial charge in [-0.05, 0) is 13.8 Å². The second-order valence-corrected chi connectivity index (χ2v) is 2.13. The molecular weight excluding hydrogens is 162 g/mol. The number of carboxylic acids is 1. The number of oxazole rings is 1. The van der Waals surface area contributed by atoms with Crippen molar-refractivity contribution in [2.45, 2.75) is 13.8 Å². The first-order valence-corrected chi connectivity index (χ1v) is 3.48. The number of aromatic carboxylic acids is 1. The number of hydrogen-bond donors (Lipinski definition) is 1. The maximum absolute atomic E-state index is 10.5. The van der Waals surface area contributed by atoms with Crippen LogP contribution < -0.4 is 4.74 Å². The highest BCUT2D eigenvalue weighted by Crippen LogP contribution is 2.15. The molecule has 0 spiro atoms. The standard InChI is InChI=1S/C7H9NO4/c1-3-11-7-8-4(2)5(12-7)6(9)10/h3H2,1-2H3,(H,9,10). The third kappa shape index (κ3) is 1.55. The molecule has 0 aliphatic carbocycles. The second-order valence-electron chi connectivity index (χ2n) is 2.13. The van der Waals surface area contributed by atoms with Gasteiger partial charge in [0.1, 0.15) is 0 Å². The topological polar surface area (TPSA) is 72.6 Å². The summed E-state index contributed by atoms with van der Waals surface area (Å²) in [6, 6.07) is 0. The Balaban J connectivity index is 2.92. The van der Waals surface area contributed by atoms with Crippen molar-refractivity contribution in [1.82, 2.24) is 4.98 Å². The number of aromatic nitrogens is 1. The van der Waals surface area contributed by atoms with Crippen molar-refractivity contribution in [1.29, 1.82) is 0 Å². The SMILES string of the molecule is CCOc1nc(C)c(C(=O)O)o1. The van der Waals surface area contributed by atoms with Gasteiger partial charge >= 0.3 is 12.0 Å². The molecule has 1 N–H and O–H groups in total. The van der Waals surface area contributed by atoms with Gasteiger partial charge in [-0.25, -0.2) is 4.79 Å². The number of hydrogen-bond acceptors (Lipinski definition) is 4. The third-order valence-electron chi connectivity index (χ3n) is 1.24. The summed E-state index contributed by atoms with van der Waals surface area (Å²) >= 11 is 0. The zero-order chi connectivity index (χ0) is 9.14. The van der Waals surface area contributed by atoms with E-state index in [-0.39, 0.29) is 11.8 Å². The summed E-state index contributed by atoms with van der Waals surface area (Å²) < 4.78 is 9.66. The Morgan fingerprint density at radius 2 is 2.42 bits per heavy atom. The maximum atomic E-state index is 10.5. The fourth-order valence-corrected chi connectivity index (χ4v) is 0.755. The molecule has 0 aliphatic rings. The lowest BCUT2D eigenvalue weighted by molar-refractivity contribution is 0.0652. The molecule has 1 aromatic rings. The Labute approximate surface area is 69.0 Å². The van der Waals surface area contributed by atoms with E-state index in [1.807, 2.05) is 0 Å². The Morgan fingerprint density at radius 3 is 2.83 bits per heavy atom. The Hall–Kier alpha value is -1.52. The van der Waals surface area contributed by atoms with E-state index in [1.165, 1.54) is 0 Å². The first-order valence-electron chi connectivity index (χ1n) is 3.48. The largest absolute Gasteiger partial charge is 0.475 e. The quantitative estimate of drug-likeness (QED) is 0.736. The molecule has 0 aliphatic heterocycles. The Kier molecular flexibility index (Phi) is 2.32. The third-order valence-corrected chi connectivity index (χ3v) is 1.24. The minimum atomic E-state index is -1.13. The summed E-state index contributed by atoms with van der Waals surface area (Å²) in [5.41, 5.74) is 0.325. The van der Waals surface area contributed by atoms with Gasteiger partial charge in [-0.1, -0.05) is 0 Å². The molecule has 12 heavy (non-hydrogen) atoms. The monoisotopic (exact) mass is 171 g/mol. The van der Waals surface area contributed by atoms with Crippen LogP contribution in [0.4, 0.5) is 0 Å². The van der Waals surface area contributed by atoms with Gasteiger partial charge in [0.15, 0.2) is 0 Å². The van der Waals surface area contributed by atoms with E-state index in [2.05, 4.69) is 4.98 Å². The highest BCUT2D eigenvalue weighted by Gasteiger charge is 2.16. The van der Waals surface area contributed by atoms with E-state index in [9.17, 15) is 4.79 Å². The molecule has 0 amide bonds. The molecule has 5 nitrogen and oxygen atoms in total. The molecule has 1 rings (SSSR count). The lowest BCUT2D eigenvalue weighted by Crippen LogP contribution is -1.95. The molecule has 0 bridgehead atoms. The van der Waals surface area contributed by atoms with Crippen LogP contribution in [-0.4, -0.2) is 22.7 Å². The average molecular weight is 171 g/mol. The minimum absolute atomic E-state index is 0.00685. The van der Waals surface area contributed by atoms with Crippen molar-refractivity contribution in [3.05, 3.63) is 11.5 Å². The maximum Gasteiger partial charge on any atom is 0.394 e. The average Bonchev–Trinajstić information content (AvgIpc) is 2.32. The first-order chi connectivity index (χ1) is 5.65. The fourth-order valence-electron chi connectivity index (χ4n) is 0.755. The lowest BCUT2D eigenvalue weighted by atomic mass is 10.4. The van der Waals surface area contributed by atoms with E-state index < -0.39 is 5.97 Å². The summed E-state index contributed by atoms with van der Waals surface area (Å²) in [5.74, 6) is -1.30. The normalized spacial score (nSPS) is 9.83. The van der Waals surface area contributed by atoms with E-state index in [0.29, 0.717) is 12.3 Å². The molecule has 0 unspecified atom stereocenters. The van der Waals surface area contributed by atoms with Gasteiger partial charge in [0.2, 0.25) is 5.76 Å². The van der Waals surface area contributed by atoms with Gasteiger partial charge in [-0.3, -0.25) is 0 Å². The van der Waals surface area contributed by atoms with Crippen LogP contribution in [0.2, 0.25) is 0 Å². The molecule has 0 saturated heterocycles. The van der Waals surface area contributed by atoms with E-state index in [0.717, 1.165) is 0 Å². The predicted octanol–water partition coefficient (Wildman–Crippen LogP) is 1.08. The van der Waals surface area contributed by atoms with Crippen molar-refractivity contribution in [2.24, 2.45) is 0 Å². The molecule has 0 saturated carbocycles. The summed E-state index contributed by atoms with van der Waals surface area (Å²) in [7, 11) is 0. The number of carboxylic acid groups (broad SMARTS) is 1. The van der Waals surface area contributed by atoms with Crippen LogP contribution >= 0.6 is 0 Å². The molecule has 0 fully saturated rings. The van der Waals surface area contributed by atoms with Crippen molar-refractivity contribution in [3.8, 4) is 6.08 Å². The van der Waals surface area contributed by atoms with Gasteiger partial charge in [-0.15, -0.1) is 0 Å². The van der Waals surface area contributed by atoms with Gasteiger partial charge in [0.05, 0.1) is 12.3 Å². The highest BCUT2D eigenvalue weighted by atomic mass is 16.6. The number of rotatable bonds is 3. The number of ether oxygens (including phenoxy) is 1. The Morgan fingerprint density at radius 1 is 1.75 bits per heavy atom. The van der Waals surface area contributed by atoms with Crippen LogP contribution in [0, 0.1) is 6.92 Å². The van der Waals surface area contributed by atoms with Gasteiger partial charge in [0.25, 0.3) is 0 Å². The van der Waals surface area contributed by atoms with Crippen LogP contribution in [0.3, 0.4) is 0 Å². The van der Waals surface area contributed by atoms with Crippen LogP contribution in [-0.2, 0) is 0 Å². The van der Waals surface area contributed by atoms with Crippen LogP contribution in [0.1, 0.15) is 23.2 Å². The van der Waals surface area contributed by atoms with E-state index in [4.69, 9.17) is 14.3 Å². The molecule has 1 aromatic heterocycles. The summed E-state index contributed by atoms with van der Waals surface area (Å²) in [6.07, 6.45) is 0.00685. The molecule has 66 valence electrons. The zero-order valence-electron chi connectivity index (χ0n) is 6.83. The smallest absolute Gasteiger partial charge is 0.394 e. The first kappa shape index (κ1) is 8.58. The van der Waals surface area contributed by atoms with Gasteiger partial charge in [-0.2, -0.15) is 4.98 Å². The number of carbonyl (C=O) groups is 1. The summed E-state index contributed by atoms with van der Waals surface area (Å²) in [5, 5.41) is 8.56. The van der Waals surface area contributed by atoms with Crippen molar-refractivity contribution in [2.75, 3.05) is 6.61 Å². The predicted molar refractivity (Wildman–Crippen MR) is 39.4 cm³/mol. The van der Waals surface area contributed by atoms with Crippen molar-refractivity contribution < 1.29 is 19.1 Å². The Bertz CT molecular complexity index is 292. The lowest BCUT2D eigenvalue weighted by Gasteiger charge is -1.91. The number of aryl methyl sites for hydroxylation is 1. The second kappa shape index (κ2) is 3.25. The van der Waals surface area contributed by atoms with Crippen molar-refractivity contribution in [3.63, 3.8) is 0 Å². The molecule has 5 heteroatoms. The van der Waals surface area contributed by atoms with Crippen molar-refractivity contribution >= 4 is 5.97 Å². The minimum Gasteiger partial charge on any atom is -0.475 e. The zero-order valence-corrected chi connectivity index (χ0v) is 6.83. The van der Waals surface area contributed by atoms with Crippen LogP contribution in [0.25, 0.3) is 0 Å². The molecule has 0 radical (unpaired) electrons. The summed E-state index contributed by atoms with van der Waals surface area (Å²) in [4.78, 5) is 14.2.